The summed E-state index contributed by atoms with van der Waals surface area (Å²) >= 11 is 0. The summed E-state index contributed by atoms with van der Waals surface area (Å²) in [4.78, 5) is 11.5. The van der Waals surface area contributed by atoms with E-state index in [2.05, 4.69) is 6.58 Å². The van der Waals surface area contributed by atoms with Gasteiger partial charge in [0.25, 0.3) is 0 Å². The van der Waals surface area contributed by atoms with Crippen LogP contribution in [-0.4, -0.2) is 5.97 Å². The van der Waals surface area contributed by atoms with E-state index >= 15 is 0 Å². The molecule has 0 aliphatic heterocycles. The topological polar surface area (TPSA) is 78.3 Å². The Balaban J connectivity index is 2.51. The van der Waals surface area contributed by atoms with Gasteiger partial charge in [-0.25, -0.2) is 4.79 Å². The van der Waals surface area contributed by atoms with Crippen molar-refractivity contribution in [3.05, 3.63) is 42.5 Å². The number of rotatable bonds is 2. The van der Waals surface area contributed by atoms with Crippen LogP contribution in [0.15, 0.2) is 42.5 Å². The third-order valence-electron chi connectivity index (χ3n) is 2.59. The van der Waals surface area contributed by atoms with Crippen molar-refractivity contribution in [3.63, 3.8) is 0 Å². The molecule has 2 aromatic rings. The van der Waals surface area contributed by atoms with Crippen LogP contribution < -0.4 is 16.2 Å². The Morgan fingerprint density at radius 1 is 1.17 bits per heavy atom. The second-order valence-corrected chi connectivity index (χ2v) is 4.12. The lowest BCUT2D eigenvalue weighted by Crippen LogP contribution is -2.08. The Morgan fingerprint density at radius 3 is 2.56 bits per heavy atom. The average molecular weight is 242 g/mol. The summed E-state index contributed by atoms with van der Waals surface area (Å²) in [6.45, 7) is 5.11. The van der Waals surface area contributed by atoms with Gasteiger partial charge in [0.15, 0.2) is 0 Å². The number of nitrogens with two attached hydrogens (primary N) is 2. The SMILES string of the molecule is C=C(C)C(=O)Oc1cc(N)c2cccc(N)c2c1. The van der Waals surface area contributed by atoms with E-state index in [-0.39, 0.29) is 0 Å². The highest BCUT2D eigenvalue weighted by molar-refractivity contribution is 6.01. The molecule has 92 valence electrons. The van der Waals surface area contributed by atoms with Crippen LogP contribution in [0.4, 0.5) is 11.4 Å². The molecule has 4 nitrogen and oxygen atoms in total. The molecule has 2 aromatic carbocycles. The van der Waals surface area contributed by atoms with E-state index < -0.39 is 5.97 Å². The van der Waals surface area contributed by atoms with E-state index in [9.17, 15) is 4.79 Å². The number of fused-ring (bicyclic) bond motifs is 1. The minimum absolute atomic E-state index is 0.328. The number of hydrogen-bond donors (Lipinski definition) is 2. The number of ether oxygens (including phenoxy) is 1. The van der Waals surface area contributed by atoms with Gasteiger partial charge in [0.1, 0.15) is 5.75 Å². The highest BCUT2D eigenvalue weighted by atomic mass is 16.5. The maximum Gasteiger partial charge on any atom is 0.338 e. The molecule has 0 aliphatic carbocycles. The lowest BCUT2D eigenvalue weighted by molar-refractivity contribution is -0.130. The number of carbonyl (C=O) groups is 1. The van der Waals surface area contributed by atoms with E-state index in [4.69, 9.17) is 16.2 Å². The largest absolute Gasteiger partial charge is 0.423 e. The molecule has 0 amide bonds. The van der Waals surface area contributed by atoms with Crippen molar-refractivity contribution in [1.82, 2.24) is 0 Å². The second-order valence-electron chi connectivity index (χ2n) is 4.12. The van der Waals surface area contributed by atoms with Gasteiger partial charge in [0, 0.05) is 33.8 Å². The predicted octanol–water partition coefficient (Wildman–Crippen LogP) is 2.49. The molecule has 18 heavy (non-hydrogen) atoms. The summed E-state index contributed by atoms with van der Waals surface area (Å²) in [5, 5.41) is 1.60. The van der Waals surface area contributed by atoms with Crippen LogP contribution in [0, 0.1) is 0 Å². The molecule has 2 rings (SSSR count). The normalized spacial score (nSPS) is 10.3. The Morgan fingerprint density at radius 2 is 1.89 bits per heavy atom. The summed E-state index contributed by atoms with van der Waals surface area (Å²) in [6.07, 6.45) is 0. The van der Waals surface area contributed by atoms with Crippen LogP contribution >= 0.6 is 0 Å². The number of anilines is 2. The van der Waals surface area contributed by atoms with Gasteiger partial charge in [-0.3, -0.25) is 0 Å². The fraction of sp³-hybridized carbons (Fsp3) is 0.0714. The third kappa shape index (κ3) is 2.13. The number of hydrogen-bond acceptors (Lipinski definition) is 4. The number of benzene rings is 2. The van der Waals surface area contributed by atoms with Crippen LogP contribution in [0.5, 0.6) is 5.75 Å². The molecular weight excluding hydrogens is 228 g/mol. The Labute approximate surface area is 105 Å². The van der Waals surface area contributed by atoms with Crippen LogP contribution in [0.1, 0.15) is 6.92 Å². The first kappa shape index (κ1) is 12.0. The first-order chi connectivity index (χ1) is 8.49. The average Bonchev–Trinajstić information content (AvgIpc) is 2.30. The van der Waals surface area contributed by atoms with Crippen molar-refractivity contribution in [3.8, 4) is 5.75 Å². The smallest absolute Gasteiger partial charge is 0.338 e. The maximum atomic E-state index is 11.5. The molecule has 0 saturated carbocycles. The number of esters is 1. The summed E-state index contributed by atoms with van der Waals surface area (Å²) in [7, 11) is 0. The molecule has 0 unspecified atom stereocenters. The van der Waals surface area contributed by atoms with Crippen molar-refractivity contribution in [1.29, 1.82) is 0 Å². The van der Waals surface area contributed by atoms with Gasteiger partial charge in [-0.1, -0.05) is 18.7 Å². The van der Waals surface area contributed by atoms with Gasteiger partial charge in [0.2, 0.25) is 0 Å². The highest BCUT2D eigenvalue weighted by Gasteiger charge is 2.09. The van der Waals surface area contributed by atoms with Gasteiger partial charge in [-0.15, -0.1) is 0 Å². The first-order valence-electron chi connectivity index (χ1n) is 5.44. The molecule has 0 bridgehead atoms. The standard InChI is InChI=1S/C14H14N2O2/c1-8(2)14(17)18-9-6-11-10(13(16)7-9)4-3-5-12(11)15/h3-7H,1,15-16H2,2H3. The summed E-state index contributed by atoms with van der Waals surface area (Å²) < 4.78 is 5.15. The predicted molar refractivity (Wildman–Crippen MR) is 73.2 cm³/mol. The molecule has 4 heteroatoms. The molecule has 0 heterocycles. The number of carbonyl (C=O) groups excluding carboxylic acids is 1. The molecule has 0 saturated heterocycles. The van der Waals surface area contributed by atoms with Crippen molar-refractivity contribution >= 4 is 28.1 Å². The van der Waals surface area contributed by atoms with E-state index in [1.165, 1.54) is 0 Å². The van der Waals surface area contributed by atoms with E-state index in [1.54, 1.807) is 25.1 Å². The van der Waals surface area contributed by atoms with Crippen molar-refractivity contribution in [2.45, 2.75) is 6.92 Å². The second kappa shape index (κ2) is 4.41. The van der Waals surface area contributed by atoms with Gasteiger partial charge < -0.3 is 16.2 Å². The van der Waals surface area contributed by atoms with Crippen molar-refractivity contribution in [2.75, 3.05) is 11.5 Å². The Hall–Kier alpha value is -2.49. The van der Waals surface area contributed by atoms with Gasteiger partial charge in [-0.05, 0) is 19.1 Å². The molecule has 0 aromatic heterocycles. The summed E-state index contributed by atoms with van der Waals surface area (Å²) in [6, 6.07) is 8.76. The van der Waals surface area contributed by atoms with E-state index in [0.717, 1.165) is 10.8 Å². The number of nitrogen functional groups attached to an aromatic ring is 2. The molecule has 0 fully saturated rings. The van der Waals surface area contributed by atoms with E-state index in [1.807, 2.05) is 12.1 Å². The summed E-state index contributed by atoms with van der Waals surface area (Å²) in [5.41, 5.74) is 13.2. The molecular formula is C14H14N2O2. The maximum absolute atomic E-state index is 11.5. The van der Waals surface area contributed by atoms with Crippen LogP contribution in [0.2, 0.25) is 0 Å². The first-order valence-corrected chi connectivity index (χ1v) is 5.44. The fourth-order valence-corrected chi connectivity index (χ4v) is 1.66. The zero-order valence-corrected chi connectivity index (χ0v) is 10.1. The lowest BCUT2D eigenvalue weighted by atomic mass is 10.1. The fourth-order valence-electron chi connectivity index (χ4n) is 1.66. The molecule has 0 spiro atoms. The van der Waals surface area contributed by atoms with Gasteiger partial charge >= 0.3 is 5.97 Å². The monoisotopic (exact) mass is 242 g/mol. The Bertz CT molecular complexity index is 648. The quantitative estimate of drug-likeness (QED) is 0.367. The van der Waals surface area contributed by atoms with Gasteiger partial charge in [-0.2, -0.15) is 0 Å². The van der Waals surface area contributed by atoms with Crippen molar-refractivity contribution < 1.29 is 9.53 Å². The summed E-state index contributed by atoms with van der Waals surface area (Å²) in [5.74, 6) is -0.117. The minimum Gasteiger partial charge on any atom is -0.423 e. The molecule has 0 radical (unpaired) electrons. The van der Waals surface area contributed by atoms with Crippen LogP contribution in [-0.2, 0) is 4.79 Å². The van der Waals surface area contributed by atoms with Crippen LogP contribution in [0.3, 0.4) is 0 Å². The molecule has 4 N–H and O–H groups in total. The van der Waals surface area contributed by atoms with Crippen molar-refractivity contribution in [2.24, 2.45) is 0 Å². The van der Waals surface area contributed by atoms with Crippen LogP contribution in [0.25, 0.3) is 10.8 Å². The Kier molecular flexibility index (Phi) is 2.93. The minimum atomic E-state index is -0.483. The highest BCUT2D eigenvalue weighted by Crippen LogP contribution is 2.31. The lowest BCUT2D eigenvalue weighted by Gasteiger charge is -2.09. The van der Waals surface area contributed by atoms with Gasteiger partial charge in [0.05, 0.1) is 0 Å². The third-order valence-corrected chi connectivity index (χ3v) is 2.59. The zero-order valence-electron chi connectivity index (χ0n) is 10.1. The zero-order chi connectivity index (χ0) is 13.3. The van der Waals surface area contributed by atoms with E-state index in [0.29, 0.717) is 22.7 Å². The molecule has 0 atom stereocenters. The molecule has 0 aliphatic rings.